The van der Waals surface area contributed by atoms with Gasteiger partial charge in [0.2, 0.25) is 5.28 Å². The van der Waals surface area contributed by atoms with Crippen LogP contribution in [0.5, 0.6) is 0 Å². The number of rotatable bonds is 2. The van der Waals surface area contributed by atoms with Crippen LogP contribution in [0.15, 0.2) is 121 Å². The van der Waals surface area contributed by atoms with E-state index in [1.54, 1.807) is 11.3 Å². The average molecular weight is 620 g/mol. The smallest absolute Gasteiger partial charge is 0.223 e. The third-order valence-electron chi connectivity index (χ3n) is 9.14. The molecular weight excluding hydrogens is 598 g/mol. The summed E-state index contributed by atoms with van der Waals surface area (Å²) in [5.41, 5.74) is 6.75. The number of halogens is 1. The Hall–Kier alpha value is -4.55. The molecule has 0 spiro atoms. The molecule has 0 bridgehead atoms. The molecule has 2 aliphatic rings. The minimum absolute atomic E-state index is 0.197. The first-order valence-electron chi connectivity index (χ1n) is 14.7. The molecule has 8 aromatic rings. The quantitative estimate of drug-likeness (QED) is 0.180. The molecule has 3 aromatic heterocycles. The van der Waals surface area contributed by atoms with Gasteiger partial charge in [-0.15, -0.1) is 22.7 Å². The van der Waals surface area contributed by atoms with Gasteiger partial charge in [0.15, 0.2) is 0 Å². The number of hydrogen-bond donors (Lipinski definition) is 0. The third-order valence-corrected chi connectivity index (χ3v) is 11.7. The van der Waals surface area contributed by atoms with Crippen molar-refractivity contribution < 1.29 is 0 Å². The van der Waals surface area contributed by atoms with Crippen molar-refractivity contribution in [1.82, 2.24) is 9.97 Å². The number of aromatic nitrogens is 2. The van der Waals surface area contributed by atoms with Crippen molar-refractivity contribution >= 4 is 96.9 Å². The Morgan fingerprint density at radius 2 is 1.30 bits per heavy atom. The highest BCUT2D eigenvalue weighted by Gasteiger charge is 2.41. The highest BCUT2D eigenvalue weighted by atomic mass is 35.5. The number of benzene rings is 5. The predicted molar refractivity (Wildman–Crippen MR) is 189 cm³/mol. The van der Waals surface area contributed by atoms with Crippen LogP contribution < -0.4 is 4.90 Å². The zero-order chi connectivity index (χ0) is 28.9. The first-order chi connectivity index (χ1) is 21.7. The topological polar surface area (TPSA) is 29.0 Å². The van der Waals surface area contributed by atoms with E-state index in [9.17, 15) is 0 Å². The summed E-state index contributed by atoms with van der Waals surface area (Å²) in [7, 11) is 0. The third kappa shape index (κ3) is 3.37. The fourth-order valence-corrected chi connectivity index (χ4v) is 9.94. The maximum atomic E-state index is 6.50. The monoisotopic (exact) mass is 619 g/mol. The summed E-state index contributed by atoms with van der Waals surface area (Å²) in [5, 5.41) is 6.76. The van der Waals surface area contributed by atoms with Gasteiger partial charge in [-0.05, 0) is 52.2 Å². The normalized spacial score (nSPS) is 17.4. The fraction of sp³-hybridized carbons (Fsp3) is 0.0526. The SMILES string of the molecule is Clc1nc(-c2ccc(N3c4c(c5ccccc5c5c4sc4ccccc45)C4C=CC=CC43)cc2)c2sc3ccccc3c2n1. The number of fused-ring (bicyclic) bond motifs is 13. The molecule has 208 valence electrons. The highest BCUT2D eigenvalue weighted by molar-refractivity contribution is 7.27. The molecular formula is C38H22ClN3S2. The van der Waals surface area contributed by atoms with Gasteiger partial charge in [0.1, 0.15) is 0 Å². The second-order valence-electron chi connectivity index (χ2n) is 11.4. The summed E-state index contributed by atoms with van der Waals surface area (Å²) in [5.74, 6) is 0.271. The van der Waals surface area contributed by atoms with Crippen LogP contribution in [0, 0.1) is 0 Å². The van der Waals surface area contributed by atoms with Crippen molar-refractivity contribution in [3.05, 3.63) is 132 Å². The molecule has 0 saturated carbocycles. The Labute approximate surface area is 266 Å². The van der Waals surface area contributed by atoms with E-state index in [1.807, 2.05) is 17.4 Å². The van der Waals surface area contributed by atoms with Crippen LogP contribution in [0.2, 0.25) is 5.28 Å². The van der Waals surface area contributed by atoms with E-state index in [1.165, 1.54) is 52.6 Å². The molecule has 6 heteroatoms. The number of allylic oxidation sites excluding steroid dienone is 2. The van der Waals surface area contributed by atoms with E-state index in [4.69, 9.17) is 16.6 Å². The molecule has 0 radical (unpaired) electrons. The lowest BCUT2D eigenvalue weighted by Crippen LogP contribution is -2.28. The Balaban J connectivity index is 1.20. The zero-order valence-corrected chi connectivity index (χ0v) is 25.6. The zero-order valence-electron chi connectivity index (χ0n) is 23.2. The lowest BCUT2D eigenvalue weighted by atomic mass is 9.87. The van der Waals surface area contributed by atoms with Crippen LogP contribution >= 0.6 is 34.3 Å². The molecule has 10 rings (SSSR count). The maximum Gasteiger partial charge on any atom is 0.223 e. The number of thiophene rings is 2. The van der Waals surface area contributed by atoms with Gasteiger partial charge in [0.25, 0.3) is 0 Å². The molecule has 44 heavy (non-hydrogen) atoms. The van der Waals surface area contributed by atoms with Crippen LogP contribution in [0.4, 0.5) is 11.4 Å². The van der Waals surface area contributed by atoms with Crippen molar-refractivity contribution in [2.45, 2.75) is 12.0 Å². The molecule has 0 fully saturated rings. The minimum Gasteiger partial charge on any atom is -0.332 e. The Morgan fingerprint density at radius 3 is 2.11 bits per heavy atom. The van der Waals surface area contributed by atoms with Gasteiger partial charge in [-0.3, -0.25) is 0 Å². The van der Waals surface area contributed by atoms with Crippen LogP contribution in [0.3, 0.4) is 0 Å². The second kappa shape index (κ2) is 9.23. The summed E-state index contributed by atoms with van der Waals surface area (Å²) < 4.78 is 4.93. The summed E-state index contributed by atoms with van der Waals surface area (Å²) in [6, 6.07) is 35.2. The molecule has 2 atom stereocenters. The molecule has 5 aromatic carbocycles. The standard InChI is InChI=1S/C38H22ClN3S2/c39-38-40-33(37-34(41-38)27-13-5-8-16-30(27)44-37)21-17-19-22(20-18-21)42-28-14-6-3-11-25(28)31-23-9-1-2-10-24(23)32-26-12-4-7-15-29(26)43-36(32)35(31)42/h1-20,25,28H. The lowest BCUT2D eigenvalue weighted by Gasteiger charge is -2.29. The van der Waals surface area contributed by atoms with Gasteiger partial charge in [0.05, 0.1) is 32.3 Å². The van der Waals surface area contributed by atoms with E-state index in [-0.39, 0.29) is 17.2 Å². The summed E-state index contributed by atoms with van der Waals surface area (Å²) >= 11 is 10.1. The molecule has 0 amide bonds. The Bertz CT molecular complexity index is 2540. The van der Waals surface area contributed by atoms with Gasteiger partial charge >= 0.3 is 0 Å². The molecule has 0 N–H and O–H groups in total. The first kappa shape index (κ1) is 24.8. The van der Waals surface area contributed by atoms with Gasteiger partial charge in [-0.2, -0.15) is 0 Å². The molecule has 3 nitrogen and oxygen atoms in total. The molecule has 2 unspecified atom stereocenters. The Morgan fingerprint density at radius 1 is 0.636 bits per heavy atom. The van der Waals surface area contributed by atoms with E-state index in [0.717, 1.165) is 26.9 Å². The van der Waals surface area contributed by atoms with Crippen LogP contribution in [0.25, 0.3) is 62.5 Å². The van der Waals surface area contributed by atoms with E-state index in [0.29, 0.717) is 0 Å². The molecule has 1 aliphatic carbocycles. The van der Waals surface area contributed by atoms with E-state index >= 15 is 0 Å². The largest absolute Gasteiger partial charge is 0.332 e. The van der Waals surface area contributed by atoms with Crippen molar-refractivity contribution in [2.24, 2.45) is 0 Å². The van der Waals surface area contributed by atoms with Crippen molar-refractivity contribution in [2.75, 3.05) is 4.90 Å². The average Bonchev–Trinajstić information content (AvgIpc) is 3.75. The van der Waals surface area contributed by atoms with Crippen LogP contribution in [0.1, 0.15) is 11.5 Å². The van der Waals surface area contributed by atoms with Crippen molar-refractivity contribution in [3.63, 3.8) is 0 Å². The number of anilines is 2. The van der Waals surface area contributed by atoms with Crippen molar-refractivity contribution in [3.8, 4) is 11.3 Å². The second-order valence-corrected chi connectivity index (χ2v) is 13.9. The summed E-state index contributed by atoms with van der Waals surface area (Å²) in [6.45, 7) is 0. The molecule has 4 heterocycles. The van der Waals surface area contributed by atoms with Crippen LogP contribution in [-0.2, 0) is 0 Å². The van der Waals surface area contributed by atoms with Gasteiger partial charge < -0.3 is 4.90 Å². The number of hydrogen-bond acceptors (Lipinski definition) is 5. The van der Waals surface area contributed by atoms with Gasteiger partial charge in [-0.1, -0.05) is 97.1 Å². The highest BCUT2D eigenvalue weighted by Crippen LogP contribution is 2.57. The summed E-state index contributed by atoms with van der Waals surface area (Å²) in [6.07, 6.45) is 9.14. The summed E-state index contributed by atoms with van der Waals surface area (Å²) in [4.78, 5) is 11.9. The lowest BCUT2D eigenvalue weighted by molar-refractivity contribution is 0.748. The van der Waals surface area contributed by atoms with Gasteiger partial charge in [-0.25, -0.2) is 9.97 Å². The first-order valence-corrected chi connectivity index (χ1v) is 16.7. The number of nitrogens with zero attached hydrogens (tertiary/aromatic N) is 3. The Kier molecular flexibility index (Phi) is 5.21. The van der Waals surface area contributed by atoms with Gasteiger partial charge in [0, 0.05) is 42.7 Å². The predicted octanol–water partition coefficient (Wildman–Crippen LogP) is 11.4. The van der Waals surface area contributed by atoms with Crippen LogP contribution in [-0.4, -0.2) is 16.0 Å². The van der Waals surface area contributed by atoms with E-state index in [2.05, 4.69) is 125 Å². The minimum atomic E-state index is 0.197. The van der Waals surface area contributed by atoms with Crippen molar-refractivity contribution in [1.29, 1.82) is 0 Å². The van der Waals surface area contributed by atoms with E-state index < -0.39 is 0 Å². The molecule has 1 aliphatic heterocycles. The maximum absolute atomic E-state index is 6.50. The fourth-order valence-electron chi connectivity index (χ4n) is 7.34. The molecule has 0 saturated heterocycles.